The van der Waals surface area contributed by atoms with E-state index < -0.39 is 17.5 Å². The molecule has 21 heavy (non-hydrogen) atoms. The van der Waals surface area contributed by atoms with E-state index in [1.165, 1.54) is 0 Å². The van der Waals surface area contributed by atoms with Gasteiger partial charge in [-0.15, -0.1) is 0 Å². The molecule has 2 rings (SSSR count). The van der Waals surface area contributed by atoms with E-state index in [0.717, 1.165) is 31.4 Å². The van der Waals surface area contributed by atoms with Crippen molar-refractivity contribution in [1.82, 2.24) is 5.32 Å². The van der Waals surface area contributed by atoms with Crippen molar-refractivity contribution in [2.75, 3.05) is 6.54 Å². The van der Waals surface area contributed by atoms with Crippen LogP contribution in [0, 0.1) is 35.2 Å². The average Bonchev–Trinajstić information content (AvgIpc) is 2.40. The van der Waals surface area contributed by atoms with Gasteiger partial charge in [-0.3, -0.25) is 0 Å². The molecule has 1 fully saturated rings. The van der Waals surface area contributed by atoms with Gasteiger partial charge >= 0.3 is 0 Å². The van der Waals surface area contributed by atoms with Gasteiger partial charge in [0.05, 0.1) is 0 Å². The summed E-state index contributed by atoms with van der Waals surface area (Å²) >= 11 is 0. The average molecular weight is 299 g/mol. The lowest BCUT2D eigenvalue weighted by Crippen LogP contribution is -2.34. The van der Waals surface area contributed by atoms with Crippen LogP contribution >= 0.6 is 0 Å². The molecule has 118 valence electrons. The summed E-state index contributed by atoms with van der Waals surface area (Å²) in [5.41, 5.74) is -0.00926. The van der Waals surface area contributed by atoms with Gasteiger partial charge in [0.1, 0.15) is 17.5 Å². The Morgan fingerprint density at radius 2 is 1.71 bits per heavy atom. The summed E-state index contributed by atoms with van der Waals surface area (Å²) in [7, 11) is 0. The zero-order chi connectivity index (χ0) is 15.6. The second kappa shape index (κ2) is 6.82. The highest BCUT2D eigenvalue weighted by atomic mass is 19.1. The van der Waals surface area contributed by atoms with E-state index in [-0.39, 0.29) is 17.5 Å². The number of hydrogen-bond acceptors (Lipinski definition) is 1. The molecule has 0 bridgehead atoms. The minimum Gasteiger partial charge on any atom is -0.310 e. The molecule has 1 aliphatic rings. The highest BCUT2D eigenvalue weighted by Crippen LogP contribution is 2.41. The summed E-state index contributed by atoms with van der Waals surface area (Å²) in [6, 6.07) is 1.17. The van der Waals surface area contributed by atoms with Gasteiger partial charge in [-0.05, 0) is 37.1 Å². The van der Waals surface area contributed by atoms with Crippen LogP contribution in [0.4, 0.5) is 13.2 Å². The van der Waals surface area contributed by atoms with E-state index >= 15 is 0 Å². The molecule has 4 heteroatoms. The van der Waals surface area contributed by atoms with Crippen molar-refractivity contribution in [3.8, 4) is 0 Å². The molecule has 1 N–H and O–H groups in total. The van der Waals surface area contributed by atoms with Crippen LogP contribution in [-0.2, 0) is 0 Å². The topological polar surface area (TPSA) is 12.0 Å². The molecule has 1 aliphatic carbocycles. The summed E-state index contributed by atoms with van der Waals surface area (Å²) in [6.07, 6.45) is 2.95. The summed E-state index contributed by atoms with van der Waals surface area (Å²) < 4.78 is 41.3. The van der Waals surface area contributed by atoms with Crippen molar-refractivity contribution in [2.45, 2.75) is 46.1 Å². The fourth-order valence-electron chi connectivity index (χ4n) is 3.47. The van der Waals surface area contributed by atoms with Gasteiger partial charge in [0.25, 0.3) is 0 Å². The van der Waals surface area contributed by atoms with E-state index in [2.05, 4.69) is 19.2 Å². The summed E-state index contributed by atoms with van der Waals surface area (Å²) in [6.45, 7) is 6.96. The van der Waals surface area contributed by atoms with Crippen LogP contribution in [0.15, 0.2) is 12.1 Å². The smallest absolute Gasteiger partial charge is 0.133 e. The van der Waals surface area contributed by atoms with Crippen LogP contribution in [-0.4, -0.2) is 6.54 Å². The van der Waals surface area contributed by atoms with Gasteiger partial charge in [-0.25, -0.2) is 13.2 Å². The van der Waals surface area contributed by atoms with E-state index in [1.807, 2.05) is 6.92 Å². The van der Waals surface area contributed by atoms with Crippen molar-refractivity contribution in [3.05, 3.63) is 35.1 Å². The molecule has 1 aromatic rings. The molecule has 0 spiro atoms. The monoisotopic (exact) mass is 299 g/mol. The maximum atomic E-state index is 14.1. The van der Waals surface area contributed by atoms with Crippen LogP contribution < -0.4 is 5.32 Å². The Labute approximate surface area is 124 Å². The first-order valence-electron chi connectivity index (χ1n) is 7.81. The van der Waals surface area contributed by atoms with E-state index in [4.69, 9.17) is 0 Å². The lowest BCUT2D eigenvalue weighted by molar-refractivity contribution is 0.168. The molecule has 1 nitrogen and oxygen atoms in total. The minimum absolute atomic E-state index is 0.00926. The molecule has 0 amide bonds. The number of benzene rings is 1. The number of halogens is 3. The Morgan fingerprint density at radius 3 is 2.24 bits per heavy atom. The first-order chi connectivity index (χ1) is 9.93. The van der Waals surface area contributed by atoms with Crippen LogP contribution in [0.3, 0.4) is 0 Å². The standard InChI is InChI=1S/C17H24F3N/c1-4-21-17(12-6-5-10(2)11(3)7-12)16-14(19)8-13(18)9-15(16)20/h8-12,17,21H,4-7H2,1-3H3. The van der Waals surface area contributed by atoms with Gasteiger partial charge in [-0.2, -0.15) is 0 Å². The molecule has 0 heterocycles. The zero-order valence-corrected chi connectivity index (χ0v) is 12.9. The van der Waals surface area contributed by atoms with Gasteiger partial charge in [0.15, 0.2) is 0 Å². The first-order valence-corrected chi connectivity index (χ1v) is 7.81. The fraction of sp³-hybridized carbons (Fsp3) is 0.647. The molecule has 0 aliphatic heterocycles. The maximum absolute atomic E-state index is 14.1. The predicted molar refractivity (Wildman–Crippen MR) is 78.4 cm³/mol. The van der Waals surface area contributed by atoms with Gasteiger partial charge < -0.3 is 5.32 Å². The van der Waals surface area contributed by atoms with Crippen molar-refractivity contribution < 1.29 is 13.2 Å². The molecule has 1 saturated carbocycles. The Balaban J connectivity index is 2.31. The van der Waals surface area contributed by atoms with E-state index in [9.17, 15) is 13.2 Å². The molecule has 4 atom stereocenters. The third-order valence-corrected chi connectivity index (χ3v) is 4.89. The van der Waals surface area contributed by atoms with Crippen molar-refractivity contribution >= 4 is 0 Å². The number of hydrogen-bond donors (Lipinski definition) is 1. The second-order valence-electron chi connectivity index (χ2n) is 6.35. The third kappa shape index (κ3) is 3.60. The van der Waals surface area contributed by atoms with Crippen molar-refractivity contribution in [3.63, 3.8) is 0 Å². The van der Waals surface area contributed by atoms with Gasteiger partial charge in [-0.1, -0.05) is 27.2 Å². The first kappa shape index (κ1) is 16.3. The van der Waals surface area contributed by atoms with Crippen LogP contribution in [0.2, 0.25) is 0 Å². The van der Waals surface area contributed by atoms with Crippen LogP contribution in [0.1, 0.15) is 51.6 Å². The molecule has 0 saturated heterocycles. The predicted octanol–water partition coefficient (Wildman–Crippen LogP) is 4.83. The largest absolute Gasteiger partial charge is 0.310 e. The number of rotatable bonds is 4. The quantitative estimate of drug-likeness (QED) is 0.840. The SMILES string of the molecule is CCNC(c1c(F)cc(F)cc1F)C1CCC(C)C(C)C1. The second-order valence-corrected chi connectivity index (χ2v) is 6.35. The lowest BCUT2D eigenvalue weighted by Gasteiger charge is -2.37. The molecular weight excluding hydrogens is 275 g/mol. The Hall–Kier alpha value is -1.03. The Morgan fingerprint density at radius 1 is 1.10 bits per heavy atom. The fourth-order valence-corrected chi connectivity index (χ4v) is 3.47. The Kier molecular flexibility index (Phi) is 5.31. The number of nitrogens with one attached hydrogen (secondary N) is 1. The lowest BCUT2D eigenvalue weighted by atomic mass is 9.72. The van der Waals surface area contributed by atoms with Crippen LogP contribution in [0.25, 0.3) is 0 Å². The summed E-state index contributed by atoms with van der Waals surface area (Å²) in [5.74, 6) is -1.07. The Bertz CT molecular complexity index is 466. The zero-order valence-electron chi connectivity index (χ0n) is 12.9. The van der Waals surface area contributed by atoms with E-state index in [1.54, 1.807) is 0 Å². The van der Waals surface area contributed by atoms with Gasteiger partial charge in [0, 0.05) is 23.7 Å². The highest BCUT2D eigenvalue weighted by molar-refractivity contribution is 5.25. The van der Waals surface area contributed by atoms with E-state index in [0.29, 0.717) is 18.4 Å². The van der Waals surface area contributed by atoms with Crippen molar-refractivity contribution in [2.24, 2.45) is 17.8 Å². The highest BCUT2D eigenvalue weighted by Gasteiger charge is 2.33. The molecule has 4 unspecified atom stereocenters. The normalized spacial score (nSPS) is 27.6. The molecule has 0 aromatic heterocycles. The third-order valence-electron chi connectivity index (χ3n) is 4.89. The molecule has 0 radical (unpaired) electrons. The van der Waals surface area contributed by atoms with Gasteiger partial charge in [0.2, 0.25) is 0 Å². The van der Waals surface area contributed by atoms with Crippen molar-refractivity contribution in [1.29, 1.82) is 0 Å². The summed E-state index contributed by atoms with van der Waals surface area (Å²) in [5, 5.41) is 3.20. The molecular formula is C17H24F3N. The minimum atomic E-state index is -0.866. The summed E-state index contributed by atoms with van der Waals surface area (Å²) in [4.78, 5) is 0. The van der Waals surface area contributed by atoms with Crippen LogP contribution in [0.5, 0.6) is 0 Å². The maximum Gasteiger partial charge on any atom is 0.133 e. The molecule has 1 aromatic carbocycles.